The molecule has 0 radical (unpaired) electrons. The Labute approximate surface area is 152 Å². The Morgan fingerprint density at radius 3 is 2.33 bits per heavy atom. The molecule has 0 unspecified atom stereocenters. The average molecular weight is 368 g/mol. The summed E-state index contributed by atoms with van der Waals surface area (Å²) in [5.41, 5.74) is 2.02. The smallest absolute Gasteiger partial charge is 0.292 e. The molecule has 1 aliphatic heterocycles. The fraction of sp³-hybridized carbons (Fsp3) is 0.294. The van der Waals surface area contributed by atoms with Crippen LogP contribution in [0.3, 0.4) is 0 Å². The third-order valence-corrected chi connectivity index (χ3v) is 4.33. The van der Waals surface area contributed by atoms with E-state index < -0.39 is 0 Å². The zero-order valence-corrected chi connectivity index (χ0v) is 14.7. The zero-order chi connectivity index (χ0) is 16.2. The highest BCUT2D eigenvalue weighted by Gasteiger charge is 2.23. The van der Waals surface area contributed by atoms with Gasteiger partial charge >= 0.3 is 0 Å². The Morgan fingerprint density at radius 2 is 1.71 bits per heavy atom. The lowest BCUT2D eigenvalue weighted by atomic mass is 10.2. The number of anilines is 1. The summed E-state index contributed by atoms with van der Waals surface area (Å²) in [4.78, 5) is 15.3. The van der Waals surface area contributed by atoms with Crippen molar-refractivity contribution in [3.8, 4) is 0 Å². The number of rotatable bonds is 4. The van der Waals surface area contributed by atoms with Crippen LogP contribution in [-0.2, 0) is 6.54 Å². The third-order valence-electron chi connectivity index (χ3n) is 4.10. The van der Waals surface area contributed by atoms with Gasteiger partial charge in [0.2, 0.25) is 0 Å². The van der Waals surface area contributed by atoms with Crippen molar-refractivity contribution in [3.05, 3.63) is 69.2 Å². The van der Waals surface area contributed by atoms with Crippen LogP contribution >= 0.6 is 24.0 Å². The highest BCUT2D eigenvalue weighted by atomic mass is 35.5. The van der Waals surface area contributed by atoms with E-state index in [-0.39, 0.29) is 23.0 Å². The van der Waals surface area contributed by atoms with Gasteiger partial charge in [-0.25, -0.2) is 0 Å². The average Bonchev–Trinajstić information content (AvgIpc) is 2.56. The van der Waals surface area contributed by atoms with Crippen molar-refractivity contribution in [1.29, 1.82) is 0 Å². The van der Waals surface area contributed by atoms with Crippen LogP contribution in [-0.4, -0.2) is 36.0 Å². The van der Waals surface area contributed by atoms with Gasteiger partial charge in [-0.15, -0.1) is 12.4 Å². The Balaban J connectivity index is 0.00000208. The number of piperazine rings is 1. The summed E-state index contributed by atoms with van der Waals surface area (Å²) < 4.78 is 0. The molecule has 2 aromatic rings. The van der Waals surface area contributed by atoms with Crippen molar-refractivity contribution in [1.82, 2.24) is 4.90 Å². The van der Waals surface area contributed by atoms with Crippen LogP contribution in [0.15, 0.2) is 48.5 Å². The molecule has 1 fully saturated rings. The summed E-state index contributed by atoms with van der Waals surface area (Å²) in [5, 5.41) is 11.7. The summed E-state index contributed by atoms with van der Waals surface area (Å²) in [7, 11) is 0. The number of nitrogens with zero attached hydrogens (tertiary/aromatic N) is 3. The molecule has 2 aromatic carbocycles. The van der Waals surface area contributed by atoms with Gasteiger partial charge in [0.05, 0.1) is 4.92 Å². The van der Waals surface area contributed by atoms with Crippen molar-refractivity contribution in [2.45, 2.75) is 6.54 Å². The fourth-order valence-electron chi connectivity index (χ4n) is 2.89. The molecule has 0 aliphatic carbocycles. The third kappa shape index (κ3) is 4.38. The van der Waals surface area contributed by atoms with Crippen LogP contribution in [0, 0.1) is 10.1 Å². The van der Waals surface area contributed by atoms with Crippen LogP contribution in [0.25, 0.3) is 0 Å². The predicted molar refractivity (Wildman–Crippen MR) is 99.3 cm³/mol. The Hall–Kier alpha value is -1.82. The first-order valence-corrected chi connectivity index (χ1v) is 7.96. The molecule has 24 heavy (non-hydrogen) atoms. The number of hydrogen-bond acceptors (Lipinski definition) is 4. The maximum atomic E-state index is 11.2. The molecule has 3 rings (SSSR count). The largest absolute Gasteiger partial charge is 0.363 e. The van der Waals surface area contributed by atoms with Gasteiger partial charge in [0.25, 0.3) is 5.69 Å². The van der Waals surface area contributed by atoms with Crippen molar-refractivity contribution < 1.29 is 4.92 Å². The second-order valence-corrected chi connectivity index (χ2v) is 6.08. The molecule has 1 saturated heterocycles. The van der Waals surface area contributed by atoms with Crippen molar-refractivity contribution >= 4 is 35.4 Å². The molecule has 0 saturated carbocycles. The lowest BCUT2D eigenvalue weighted by molar-refractivity contribution is -0.384. The Kier molecular flexibility index (Phi) is 6.43. The number of nitro benzene ring substituents is 1. The normalized spacial score (nSPS) is 15.0. The van der Waals surface area contributed by atoms with Gasteiger partial charge in [0, 0.05) is 43.8 Å². The standard InChI is InChI=1S/C17H18ClN3O2.ClH/c18-15-6-7-16(21(22)23)17(12-15)20-10-8-19(9-11-20)13-14-4-2-1-3-5-14;/h1-7,12H,8-11,13H2;1H. The minimum atomic E-state index is -0.345. The maximum absolute atomic E-state index is 11.2. The Morgan fingerprint density at radius 1 is 1.04 bits per heavy atom. The molecular formula is C17H19Cl2N3O2. The van der Waals surface area contributed by atoms with Crippen LogP contribution in [0.2, 0.25) is 5.02 Å². The van der Waals surface area contributed by atoms with Gasteiger partial charge in [-0.1, -0.05) is 41.9 Å². The molecule has 0 N–H and O–H groups in total. The molecule has 1 aliphatic rings. The van der Waals surface area contributed by atoms with Gasteiger partial charge in [-0.05, 0) is 17.7 Å². The van der Waals surface area contributed by atoms with E-state index in [0.29, 0.717) is 10.7 Å². The van der Waals surface area contributed by atoms with Crippen LogP contribution < -0.4 is 4.90 Å². The van der Waals surface area contributed by atoms with Gasteiger partial charge in [-0.2, -0.15) is 0 Å². The van der Waals surface area contributed by atoms with E-state index in [9.17, 15) is 10.1 Å². The van der Waals surface area contributed by atoms with E-state index in [1.807, 2.05) is 23.1 Å². The Bertz CT molecular complexity index is 689. The molecule has 1 heterocycles. The molecule has 0 spiro atoms. The molecule has 5 nitrogen and oxygen atoms in total. The first kappa shape index (κ1) is 18.5. The molecule has 0 amide bonds. The zero-order valence-electron chi connectivity index (χ0n) is 13.1. The summed E-state index contributed by atoms with van der Waals surface area (Å²) in [6.07, 6.45) is 0. The second-order valence-electron chi connectivity index (χ2n) is 5.64. The number of hydrogen-bond donors (Lipinski definition) is 0. The van der Waals surface area contributed by atoms with Crippen LogP contribution in [0.5, 0.6) is 0 Å². The minimum absolute atomic E-state index is 0. The SMILES string of the molecule is Cl.O=[N+]([O-])c1ccc(Cl)cc1N1CCN(Cc2ccccc2)CC1. The van der Waals surface area contributed by atoms with Crippen molar-refractivity contribution in [3.63, 3.8) is 0 Å². The number of benzene rings is 2. The van der Waals surface area contributed by atoms with Gasteiger partial charge in [0.1, 0.15) is 5.69 Å². The first-order valence-electron chi connectivity index (χ1n) is 7.58. The second kappa shape index (κ2) is 8.33. The predicted octanol–water partition coefficient (Wildman–Crippen LogP) is 3.99. The van der Waals surface area contributed by atoms with Crippen LogP contribution in [0.1, 0.15) is 5.56 Å². The minimum Gasteiger partial charge on any atom is -0.363 e. The monoisotopic (exact) mass is 367 g/mol. The molecule has 0 bridgehead atoms. The first-order chi connectivity index (χ1) is 11.1. The van der Waals surface area contributed by atoms with Crippen LogP contribution in [0.4, 0.5) is 11.4 Å². The fourth-order valence-corrected chi connectivity index (χ4v) is 3.06. The quantitative estimate of drug-likeness (QED) is 0.605. The number of nitro groups is 1. The molecule has 7 heteroatoms. The van der Waals surface area contributed by atoms with Gasteiger partial charge in [-0.3, -0.25) is 15.0 Å². The summed E-state index contributed by atoms with van der Waals surface area (Å²) >= 11 is 6.02. The van der Waals surface area contributed by atoms with E-state index in [2.05, 4.69) is 17.0 Å². The van der Waals surface area contributed by atoms with E-state index in [0.717, 1.165) is 32.7 Å². The molecule has 128 valence electrons. The van der Waals surface area contributed by atoms with E-state index in [4.69, 9.17) is 11.6 Å². The number of halogens is 2. The molecular weight excluding hydrogens is 349 g/mol. The highest BCUT2D eigenvalue weighted by molar-refractivity contribution is 6.31. The maximum Gasteiger partial charge on any atom is 0.292 e. The highest BCUT2D eigenvalue weighted by Crippen LogP contribution is 2.31. The topological polar surface area (TPSA) is 49.6 Å². The van der Waals surface area contributed by atoms with E-state index >= 15 is 0 Å². The van der Waals surface area contributed by atoms with E-state index in [1.54, 1.807) is 12.1 Å². The van der Waals surface area contributed by atoms with Gasteiger partial charge < -0.3 is 4.90 Å². The van der Waals surface area contributed by atoms with Crippen molar-refractivity contribution in [2.24, 2.45) is 0 Å². The van der Waals surface area contributed by atoms with Crippen molar-refractivity contribution in [2.75, 3.05) is 31.1 Å². The molecule has 0 aromatic heterocycles. The van der Waals surface area contributed by atoms with Gasteiger partial charge in [0.15, 0.2) is 0 Å². The summed E-state index contributed by atoms with van der Waals surface area (Å²) in [6.45, 7) is 4.17. The van der Waals surface area contributed by atoms with E-state index in [1.165, 1.54) is 11.6 Å². The lowest BCUT2D eigenvalue weighted by Crippen LogP contribution is -2.46. The molecule has 0 atom stereocenters. The summed E-state index contributed by atoms with van der Waals surface area (Å²) in [6, 6.07) is 15.1. The summed E-state index contributed by atoms with van der Waals surface area (Å²) in [5.74, 6) is 0. The lowest BCUT2D eigenvalue weighted by Gasteiger charge is -2.35.